The summed E-state index contributed by atoms with van der Waals surface area (Å²) in [6.45, 7) is 1.77. The SMILES string of the molecule is Cc1ccc(NC(=O)Cn2c3c(sc2=O)[C@@H](c2ccccc2)[C@H]2C(=O)N(c4ccc(Br)cc4)C(=O)[C@H]2S3)cc1. The Balaban J connectivity index is 1.39. The van der Waals surface area contributed by atoms with E-state index in [4.69, 9.17) is 0 Å². The van der Waals surface area contributed by atoms with Gasteiger partial charge in [-0.1, -0.05) is 87.1 Å². The van der Waals surface area contributed by atoms with Gasteiger partial charge in [-0.25, -0.2) is 4.90 Å². The van der Waals surface area contributed by atoms with Crippen molar-refractivity contribution in [1.82, 2.24) is 4.57 Å². The van der Waals surface area contributed by atoms with Gasteiger partial charge in [-0.2, -0.15) is 0 Å². The Hall–Kier alpha value is -3.47. The maximum Gasteiger partial charge on any atom is 0.308 e. The fourth-order valence-corrected chi connectivity index (χ4v) is 8.14. The van der Waals surface area contributed by atoms with Gasteiger partial charge in [-0.15, -0.1) is 0 Å². The summed E-state index contributed by atoms with van der Waals surface area (Å²) in [5.41, 5.74) is 3.07. The molecule has 39 heavy (non-hydrogen) atoms. The highest BCUT2D eigenvalue weighted by molar-refractivity contribution is 9.10. The minimum absolute atomic E-state index is 0.191. The normalized spacial score (nSPS) is 20.1. The number of amides is 3. The third-order valence-corrected chi connectivity index (χ3v) is 10.1. The number of nitrogens with one attached hydrogen (secondary N) is 1. The molecule has 3 atom stereocenters. The van der Waals surface area contributed by atoms with Gasteiger partial charge in [0.1, 0.15) is 11.8 Å². The van der Waals surface area contributed by atoms with Gasteiger partial charge in [0.25, 0.3) is 0 Å². The molecular weight excluding hydrogens is 598 g/mol. The maximum atomic E-state index is 13.9. The minimum atomic E-state index is -0.723. The molecule has 196 valence electrons. The predicted molar refractivity (Wildman–Crippen MR) is 156 cm³/mol. The first-order valence-corrected chi connectivity index (χ1v) is 14.8. The Labute approximate surface area is 241 Å². The quantitative estimate of drug-likeness (QED) is 0.302. The summed E-state index contributed by atoms with van der Waals surface area (Å²) < 4.78 is 2.27. The zero-order valence-electron chi connectivity index (χ0n) is 20.7. The number of halogens is 1. The highest BCUT2D eigenvalue weighted by Crippen LogP contribution is 2.53. The van der Waals surface area contributed by atoms with Gasteiger partial charge < -0.3 is 5.32 Å². The number of carbonyl (C=O) groups excluding carboxylic acids is 3. The molecule has 0 radical (unpaired) electrons. The second kappa shape index (κ2) is 10.3. The number of carbonyl (C=O) groups is 3. The molecule has 1 fully saturated rings. The number of thioether (sulfide) groups is 1. The van der Waals surface area contributed by atoms with E-state index in [2.05, 4.69) is 21.2 Å². The van der Waals surface area contributed by atoms with Crippen LogP contribution in [0.25, 0.3) is 0 Å². The molecule has 3 aromatic carbocycles. The fourth-order valence-electron chi connectivity index (χ4n) is 5.10. The van der Waals surface area contributed by atoms with E-state index in [1.165, 1.54) is 21.2 Å². The van der Waals surface area contributed by atoms with E-state index >= 15 is 0 Å². The molecule has 1 aromatic heterocycles. The molecular formula is C29H22BrN3O4S2. The van der Waals surface area contributed by atoms with Gasteiger partial charge in [0.2, 0.25) is 17.7 Å². The van der Waals surface area contributed by atoms with E-state index < -0.39 is 17.1 Å². The van der Waals surface area contributed by atoms with Crippen LogP contribution in [0.1, 0.15) is 21.9 Å². The van der Waals surface area contributed by atoms with Crippen LogP contribution in [0.4, 0.5) is 11.4 Å². The molecule has 0 spiro atoms. The van der Waals surface area contributed by atoms with Crippen LogP contribution >= 0.6 is 39.0 Å². The minimum Gasteiger partial charge on any atom is -0.325 e. The standard InChI is InChI=1S/C29H22BrN3O4S2/c1-16-7-11-19(12-8-16)31-21(34)15-32-28-25(39-29(32)37)22(17-5-3-2-4-6-17)23-24(38-28)27(36)33(26(23)35)20-13-9-18(30)10-14-20/h2-14,22-24H,15H2,1H3,(H,31,34)/t22-,23+,24-/m0/s1. The Bertz CT molecular complexity index is 1650. The Kier molecular flexibility index (Phi) is 6.78. The van der Waals surface area contributed by atoms with Crippen LogP contribution in [0.3, 0.4) is 0 Å². The molecule has 10 heteroatoms. The van der Waals surface area contributed by atoms with Crippen LogP contribution in [-0.4, -0.2) is 27.5 Å². The fraction of sp³-hybridized carbons (Fsp3) is 0.172. The van der Waals surface area contributed by atoms with Crippen molar-refractivity contribution in [3.63, 3.8) is 0 Å². The maximum absolute atomic E-state index is 13.9. The molecule has 0 bridgehead atoms. The number of hydrogen-bond donors (Lipinski definition) is 1. The molecule has 2 aliphatic rings. The number of imide groups is 1. The number of nitrogens with zero attached hydrogens (tertiary/aromatic N) is 2. The summed E-state index contributed by atoms with van der Waals surface area (Å²) in [4.78, 5) is 55.4. The number of fused-ring (bicyclic) bond motifs is 2. The number of rotatable bonds is 5. The lowest BCUT2D eigenvalue weighted by Gasteiger charge is -2.30. The third-order valence-electron chi connectivity index (χ3n) is 6.93. The topological polar surface area (TPSA) is 88.5 Å². The third kappa shape index (κ3) is 4.66. The smallest absolute Gasteiger partial charge is 0.308 e. The summed E-state index contributed by atoms with van der Waals surface area (Å²) in [6, 6.07) is 24.0. The number of aryl methyl sites for hydroxylation is 1. The van der Waals surface area contributed by atoms with Gasteiger partial charge in [0.05, 0.1) is 16.6 Å². The van der Waals surface area contributed by atoms with E-state index in [0.717, 1.165) is 26.9 Å². The average Bonchev–Trinajstić information content (AvgIpc) is 3.37. The monoisotopic (exact) mass is 619 g/mol. The van der Waals surface area contributed by atoms with Crippen molar-refractivity contribution in [3.05, 3.63) is 109 Å². The van der Waals surface area contributed by atoms with E-state index in [-0.39, 0.29) is 29.1 Å². The zero-order chi connectivity index (χ0) is 27.3. The first-order chi connectivity index (χ1) is 18.8. The number of aromatic nitrogens is 1. The summed E-state index contributed by atoms with van der Waals surface area (Å²) in [6.07, 6.45) is 0. The second-order valence-electron chi connectivity index (χ2n) is 9.48. The van der Waals surface area contributed by atoms with Crippen molar-refractivity contribution >= 4 is 68.1 Å². The summed E-state index contributed by atoms with van der Waals surface area (Å²) in [5, 5.41) is 2.69. The van der Waals surface area contributed by atoms with E-state index in [1.54, 1.807) is 24.3 Å². The van der Waals surface area contributed by atoms with E-state index in [9.17, 15) is 19.2 Å². The Morgan fingerprint density at radius 3 is 2.31 bits per heavy atom. The van der Waals surface area contributed by atoms with Gasteiger partial charge >= 0.3 is 4.87 Å². The average molecular weight is 621 g/mol. The van der Waals surface area contributed by atoms with Gasteiger partial charge in [0.15, 0.2) is 0 Å². The van der Waals surface area contributed by atoms with Crippen LogP contribution in [0, 0.1) is 12.8 Å². The zero-order valence-corrected chi connectivity index (χ0v) is 23.9. The lowest BCUT2D eigenvalue weighted by atomic mass is 9.83. The lowest BCUT2D eigenvalue weighted by molar-refractivity contribution is -0.122. The Morgan fingerprint density at radius 1 is 0.923 bits per heavy atom. The van der Waals surface area contributed by atoms with Crippen molar-refractivity contribution in [1.29, 1.82) is 0 Å². The molecule has 1 N–H and O–H groups in total. The van der Waals surface area contributed by atoms with E-state index in [1.807, 2.05) is 61.5 Å². The molecule has 0 unspecified atom stereocenters. The number of benzene rings is 3. The largest absolute Gasteiger partial charge is 0.325 e. The first-order valence-electron chi connectivity index (χ1n) is 12.3. The summed E-state index contributed by atoms with van der Waals surface area (Å²) in [7, 11) is 0. The lowest BCUT2D eigenvalue weighted by Crippen LogP contribution is -2.33. The van der Waals surface area contributed by atoms with Gasteiger partial charge in [-0.05, 0) is 48.9 Å². The van der Waals surface area contributed by atoms with Crippen molar-refractivity contribution < 1.29 is 14.4 Å². The second-order valence-corrected chi connectivity index (χ2v) is 12.5. The van der Waals surface area contributed by atoms with Crippen molar-refractivity contribution in [3.8, 4) is 0 Å². The number of thiazole rings is 1. The molecule has 2 aliphatic heterocycles. The van der Waals surface area contributed by atoms with Gasteiger partial charge in [0, 0.05) is 21.0 Å². The summed E-state index contributed by atoms with van der Waals surface area (Å²) in [5.74, 6) is -2.11. The molecule has 3 amide bonds. The van der Waals surface area contributed by atoms with Crippen LogP contribution in [0.15, 0.2) is 93.2 Å². The predicted octanol–water partition coefficient (Wildman–Crippen LogP) is 5.42. The summed E-state index contributed by atoms with van der Waals surface area (Å²) >= 11 is 5.65. The first kappa shape index (κ1) is 25.8. The molecule has 6 rings (SSSR count). The van der Waals surface area contributed by atoms with Crippen LogP contribution in [-0.2, 0) is 20.9 Å². The number of anilines is 2. The molecule has 7 nitrogen and oxygen atoms in total. The van der Waals surface area contributed by atoms with Crippen LogP contribution < -0.4 is 15.1 Å². The van der Waals surface area contributed by atoms with Gasteiger partial charge in [-0.3, -0.25) is 23.7 Å². The molecule has 0 aliphatic carbocycles. The van der Waals surface area contributed by atoms with Crippen molar-refractivity contribution in [2.45, 2.75) is 29.7 Å². The molecule has 0 saturated carbocycles. The number of hydrogen-bond acceptors (Lipinski definition) is 6. The molecule has 3 heterocycles. The van der Waals surface area contributed by atoms with Crippen LogP contribution in [0.2, 0.25) is 0 Å². The highest BCUT2D eigenvalue weighted by Gasteiger charge is 2.56. The van der Waals surface area contributed by atoms with Crippen molar-refractivity contribution in [2.24, 2.45) is 5.92 Å². The van der Waals surface area contributed by atoms with Crippen molar-refractivity contribution in [2.75, 3.05) is 10.2 Å². The molecule has 4 aromatic rings. The van der Waals surface area contributed by atoms with Crippen LogP contribution in [0.5, 0.6) is 0 Å². The molecule has 1 saturated heterocycles. The van der Waals surface area contributed by atoms with E-state index in [0.29, 0.717) is 21.3 Å². The Morgan fingerprint density at radius 2 is 1.62 bits per heavy atom. The highest BCUT2D eigenvalue weighted by atomic mass is 79.9.